The topological polar surface area (TPSA) is 52.9 Å². The fourth-order valence-corrected chi connectivity index (χ4v) is 3.89. The minimum absolute atomic E-state index is 0.0231. The van der Waals surface area contributed by atoms with E-state index in [-0.39, 0.29) is 11.7 Å². The van der Waals surface area contributed by atoms with Gasteiger partial charge in [0.1, 0.15) is 11.8 Å². The normalized spacial score (nSPS) is 16.0. The Kier molecular flexibility index (Phi) is 5.94. The van der Waals surface area contributed by atoms with E-state index in [1.165, 1.54) is 0 Å². The summed E-state index contributed by atoms with van der Waals surface area (Å²) in [7, 11) is 0. The molecule has 3 aromatic carbocycles. The Balaban J connectivity index is 1.86. The van der Waals surface area contributed by atoms with Crippen LogP contribution in [0.5, 0.6) is 5.75 Å². The number of aliphatic imine (C=N–C) groups is 1. The summed E-state index contributed by atoms with van der Waals surface area (Å²) in [5, 5.41) is 10.1. The average molecular weight is 399 g/mol. The lowest BCUT2D eigenvalue weighted by Gasteiger charge is -2.25. The van der Waals surface area contributed by atoms with E-state index < -0.39 is 6.04 Å². The molecule has 0 aliphatic carbocycles. The molecule has 0 aromatic heterocycles. The maximum absolute atomic E-state index is 13.6. The first-order valence-electron chi connectivity index (χ1n) is 10.5. The summed E-state index contributed by atoms with van der Waals surface area (Å²) in [6.45, 7) is 2.80. The molecule has 1 heterocycles. The third kappa shape index (κ3) is 4.13. The number of benzene rings is 3. The molecule has 0 saturated carbocycles. The standard InChI is InChI=1S/C26H26N2O2/c1-2-3-16-28-24-15-8-7-14-22(24)25(20-12-9-13-21(29)18-20)27-23(26(28)30)17-19-10-5-4-6-11-19/h4-15,18,23,29H,2-3,16-17H2,1H3. The van der Waals surface area contributed by atoms with Crippen molar-refractivity contribution in [1.82, 2.24) is 0 Å². The highest BCUT2D eigenvalue weighted by Crippen LogP contribution is 2.30. The van der Waals surface area contributed by atoms with Gasteiger partial charge in [-0.25, -0.2) is 0 Å². The summed E-state index contributed by atoms with van der Waals surface area (Å²) < 4.78 is 0. The first-order valence-corrected chi connectivity index (χ1v) is 10.5. The summed E-state index contributed by atoms with van der Waals surface area (Å²) in [4.78, 5) is 20.5. The highest BCUT2D eigenvalue weighted by atomic mass is 16.3. The molecular weight excluding hydrogens is 372 g/mol. The SMILES string of the molecule is CCCCN1C(=O)C(Cc2ccccc2)N=C(c2cccc(O)c2)c2ccccc21. The molecule has 0 fully saturated rings. The molecule has 152 valence electrons. The Morgan fingerprint density at radius 3 is 2.50 bits per heavy atom. The first kappa shape index (κ1) is 19.9. The van der Waals surface area contributed by atoms with Crippen LogP contribution < -0.4 is 4.90 Å². The second kappa shape index (κ2) is 8.95. The number of nitrogens with zero attached hydrogens (tertiary/aromatic N) is 2. The van der Waals surface area contributed by atoms with Crippen LogP contribution in [0.15, 0.2) is 83.9 Å². The van der Waals surface area contributed by atoms with E-state index >= 15 is 0 Å². The molecule has 4 heteroatoms. The molecule has 1 aliphatic heterocycles. The van der Waals surface area contributed by atoms with Crippen LogP contribution in [0.2, 0.25) is 0 Å². The van der Waals surface area contributed by atoms with Crippen molar-refractivity contribution in [2.24, 2.45) is 4.99 Å². The largest absolute Gasteiger partial charge is 0.508 e. The number of carbonyl (C=O) groups is 1. The van der Waals surface area contributed by atoms with E-state index in [4.69, 9.17) is 4.99 Å². The average Bonchev–Trinajstić information content (AvgIpc) is 2.88. The number of benzodiazepines with no additional fused rings is 1. The number of hydrogen-bond donors (Lipinski definition) is 1. The minimum Gasteiger partial charge on any atom is -0.508 e. The summed E-state index contributed by atoms with van der Waals surface area (Å²) in [5.74, 6) is 0.209. The van der Waals surface area contributed by atoms with Crippen molar-refractivity contribution in [3.63, 3.8) is 0 Å². The van der Waals surface area contributed by atoms with Gasteiger partial charge in [-0.3, -0.25) is 9.79 Å². The molecule has 0 radical (unpaired) electrons. The minimum atomic E-state index is -0.519. The number of unbranched alkanes of at least 4 members (excludes halogenated alkanes) is 1. The van der Waals surface area contributed by atoms with Crippen molar-refractivity contribution in [3.8, 4) is 5.75 Å². The van der Waals surface area contributed by atoms with Crippen LogP contribution in [-0.2, 0) is 11.2 Å². The number of fused-ring (bicyclic) bond motifs is 1. The van der Waals surface area contributed by atoms with Crippen molar-refractivity contribution >= 4 is 17.3 Å². The van der Waals surface area contributed by atoms with Crippen molar-refractivity contribution in [1.29, 1.82) is 0 Å². The van der Waals surface area contributed by atoms with E-state index in [0.717, 1.165) is 40.9 Å². The summed E-state index contributed by atoms with van der Waals surface area (Å²) in [5.41, 5.74) is 4.44. The lowest BCUT2D eigenvalue weighted by Crippen LogP contribution is -2.39. The number of anilines is 1. The van der Waals surface area contributed by atoms with Gasteiger partial charge in [0.05, 0.1) is 11.4 Å². The number of amides is 1. The van der Waals surface area contributed by atoms with Crippen molar-refractivity contribution in [2.75, 3.05) is 11.4 Å². The van der Waals surface area contributed by atoms with Gasteiger partial charge in [0.15, 0.2) is 0 Å². The first-order chi connectivity index (χ1) is 14.7. The number of phenolic OH excluding ortho intramolecular Hbond substituents is 1. The third-order valence-corrected chi connectivity index (χ3v) is 5.41. The van der Waals surface area contributed by atoms with E-state index in [1.807, 2.05) is 71.6 Å². The number of para-hydroxylation sites is 1. The molecule has 30 heavy (non-hydrogen) atoms. The lowest BCUT2D eigenvalue weighted by atomic mass is 10.00. The molecule has 4 rings (SSSR count). The van der Waals surface area contributed by atoms with Crippen LogP contribution in [0, 0.1) is 0 Å². The van der Waals surface area contributed by atoms with Crippen LogP contribution in [-0.4, -0.2) is 29.3 Å². The summed E-state index contributed by atoms with van der Waals surface area (Å²) in [6.07, 6.45) is 2.48. The predicted molar refractivity (Wildman–Crippen MR) is 121 cm³/mol. The molecule has 1 unspecified atom stereocenters. The van der Waals surface area contributed by atoms with Crippen LogP contribution >= 0.6 is 0 Å². The summed E-state index contributed by atoms with van der Waals surface area (Å²) in [6, 6.07) is 24.5. The van der Waals surface area contributed by atoms with Gasteiger partial charge in [0.2, 0.25) is 0 Å². The van der Waals surface area contributed by atoms with E-state index in [2.05, 4.69) is 6.92 Å². The van der Waals surface area contributed by atoms with Gasteiger partial charge in [0.25, 0.3) is 5.91 Å². The smallest absolute Gasteiger partial charge is 0.252 e. The molecule has 3 aromatic rings. The number of phenols is 1. The Hall–Kier alpha value is -3.40. The lowest BCUT2D eigenvalue weighted by molar-refractivity contribution is -0.119. The highest BCUT2D eigenvalue weighted by Gasteiger charge is 2.31. The molecule has 0 bridgehead atoms. The van der Waals surface area contributed by atoms with Crippen LogP contribution in [0.1, 0.15) is 36.5 Å². The quantitative estimate of drug-likeness (QED) is 0.636. The zero-order valence-corrected chi connectivity index (χ0v) is 17.2. The van der Waals surface area contributed by atoms with Crippen LogP contribution in [0.25, 0.3) is 0 Å². The molecule has 0 spiro atoms. The monoisotopic (exact) mass is 398 g/mol. The Labute approximate surface area is 177 Å². The third-order valence-electron chi connectivity index (χ3n) is 5.41. The van der Waals surface area contributed by atoms with Gasteiger partial charge < -0.3 is 10.0 Å². The zero-order chi connectivity index (χ0) is 20.9. The van der Waals surface area contributed by atoms with Crippen molar-refractivity contribution in [2.45, 2.75) is 32.2 Å². The van der Waals surface area contributed by atoms with Gasteiger partial charge >= 0.3 is 0 Å². The van der Waals surface area contributed by atoms with Crippen molar-refractivity contribution < 1.29 is 9.90 Å². The molecule has 0 saturated heterocycles. The Bertz CT molecular complexity index is 1060. The van der Waals surface area contributed by atoms with Gasteiger partial charge in [-0.05, 0) is 30.2 Å². The molecule has 1 aliphatic rings. The van der Waals surface area contributed by atoms with Gasteiger partial charge in [0, 0.05) is 24.1 Å². The fraction of sp³-hybridized carbons (Fsp3) is 0.231. The van der Waals surface area contributed by atoms with Gasteiger partial charge in [-0.1, -0.05) is 74.0 Å². The number of aromatic hydroxyl groups is 1. The maximum atomic E-state index is 13.6. The number of rotatable bonds is 6. The molecule has 1 amide bonds. The van der Waals surface area contributed by atoms with Gasteiger partial charge in [-0.2, -0.15) is 0 Å². The molecule has 1 N–H and O–H groups in total. The van der Waals surface area contributed by atoms with Gasteiger partial charge in [-0.15, -0.1) is 0 Å². The second-order valence-corrected chi connectivity index (χ2v) is 7.59. The zero-order valence-electron chi connectivity index (χ0n) is 17.2. The van der Waals surface area contributed by atoms with E-state index in [1.54, 1.807) is 12.1 Å². The van der Waals surface area contributed by atoms with E-state index in [0.29, 0.717) is 13.0 Å². The van der Waals surface area contributed by atoms with Crippen LogP contribution in [0.4, 0.5) is 5.69 Å². The van der Waals surface area contributed by atoms with Crippen molar-refractivity contribution in [3.05, 3.63) is 95.6 Å². The fourth-order valence-electron chi connectivity index (χ4n) is 3.89. The Morgan fingerprint density at radius 1 is 0.967 bits per heavy atom. The number of hydrogen-bond acceptors (Lipinski definition) is 3. The number of carbonyl (C=O) groups excluding carboxylic acids is 1. The molecule has 1 atom stereocenters. The molecular formula is C26H26N2O2. The summed E-state index contributed by atoms with van der Waals surface area (Å²) >= 11 is 0. The van der Waals surface area contributed by atoms with E-state index in [9.17, 15) is 9.90 Å². The molecule has 4 nitrogen and oxygen atoms in total. The van der Waals surface area contributed by atoms with Crippen LogP contribution in [0.3, 0.4) is 0 Å². The second-order valence-electron chi connectivity index (χ2n) is 7.59. The Morgan fingerprint density at radius 2 is 1.73 bits per heavy atom. The highest BCUT2D eigenvalue weighted by molar-refractivity contribution is 6.20. The predicted octanol–water partition coefficient (Wildman–Crippen LogP) is 4.99. The maximum Gasteiger partial charge on any atom is 0.252 e.